The lowest BCUT2D eigenvalue weighted by Gasteiger charge is -2.22. The summed E-state index contributed by atoms with van der Waals surface area (Å²) in [6.07, 6.45) is -1.23. The molecule has 1 unspecified atom stereocenters. The number of carbonyl (C=O) groups is 1. The second kappa shape index (κ2) is 7.40. The minimum absolute atomic E-state index is 0.0945. The predicted octanol–water partition coefficient (Wildman–Crippen LogP) is 1.38. The van der Waals surface area contributed by atoms with Crippen molar-refractivity contribution in [3.05, 3.63) is 29.8 Å². The number of rotatable bonds is 6. The van der Waals surface area contributed by atoms with E-state index in [1.807, 2.05) is 0 Å². The Kier molecular flexibility index (Phi) is 4.84. The minimum Gasteiger partial charge on any atom is -0.386 e. The van der Waals surface area contributed by atoms with Crippen molar-refractivity contribution in [2.75, 3.05) is 12.9 Å². The molecule has 0 bridgehead atoms. The molecule has 2 N–H and O–H groups in total. The van der Waals surface area contributed by atoms with Crippen LogP contribution in [0.2, 0.25) is 0 Å². The lowest BCUT2D eigenvalue weighted by atomic mass is 10.0. The Morgan fingerprint density at radius 2 is 2.00 bits per heavy atom. The maximum absolute atomic E-state index is 13.9. The number of hydrogen-bond acceptors (Lipinski definition) is 4. The molecule has 5 nitrogen and oxygen atoms in total. The van der Waals surface area contributed by atoms with E-state index in [4.69, 9.17) is 27.3 Å². The zero-order valence-corrected chi connectivity index (χ0v) is 13.0. The molecule has 9 heteroatoms. The van der Waals surface area contributed by atoms with Gasteiger partial charge in [-0.1, -0.05) is 35.3 Å². The van der Waals surface area contributed by atoms with Crippen molar-refractivity contribution in [1.82, 2.24) is 5.32 Å². The highest BCUT2D eigenvalue weighted by atomic mass is 35.5. The lowest BCUT2D eigenvalue weighted by molar-refractivity contribution is -0.121. The van der Waals surface area contributed by atoms with E-state index >= 15 is 0 Å². The van der Waals surface area contributed by atoms with E-state index in [0.717, 1.165) is 30.5 Å². The molecule has 1 aromatic carbocycles. The van der Waals surface area contributed by atoms with Crippen molar-refractivity contribution in [3.8, 4) is 0 Å². The van der Waals surface area contributed by atoms with Crippen LogP contribution in [0.15, 0.2) is 29.2 Å². The van der Waals surface area contributed by atoms with Crippen LogP contribution in [0.1, 0.15) is 15.8 Å². The van der Waals surface area contributed by atoms with E-state index in [-0.39, 0.29) is 10.5 Å². The molecule has 0 aliphatic heterocycles. The molecule has 1 aromatic rings. The Bertz CT molecular complexity index is 712. The summed E-state index contributed by atoms with van der Waals surface area (Å²) in [5.74, 6) is -1.28. The number of sulfone groups is 1. The summed E-state index contributed by atoms with van der Waals surface area (Å²) >= 11 is 10.6. The molecular weight excluding hydrogens is 344 g/mol. The third kappa shape index (κ3) is 5.10. The summed E-state index contributed by atoms with van der Waals surface area (Å²) in [6, 6.07) is 1.16. The molecule has 21 heavy (non-hydrogen) atoms. The van der Waals surface area contributed by atoms with Crippen LogP contribution in [-0.4, -0.2) is 43.2 Å². The first-order valence-electron chi connectivity index (χ1n) is 6.97. The zero-order chi connectivity index (χ0) is 18.9. The van der Waals surface area contributed by atoms with Gasteiger partial charge in [-0.2, -0.15) is 0 Å². The van der Waals surface area contributed by atoms with Crippen molar-refractivity contribution in [1.29, 1.82) is 0 Å². The molecule has 0 aliphatic rings. The summed E-state index contributed by atoms with van der Waals surface area (Å²) in [4.78, 5) is 9.70. The predicted molar refractivity (Wildman–Crippen MR) is 77.9 cm³/mol. The number of hydrogen-bond donors (Lipinski definition) is 2. The number of aliphatic hydroxyl groups excluding tert-OH is 1. The fourth-order valence-corrected chi connectivity index (χ4v) is 2.13. The second-order valence-corrected chi connectivity index (χ2v) is 7.15. The van der Waals surface area contributed by atoms with E-state index in [2.05, 4.69) is 0 Å². The van der Waals surface area contributed by atoms with Crippen LogP contribution in [0.3, 0.4) is 0 Å². The number of amides is 1. The Morgan fingerprint density at radius 1 is 1.48 bits per heavy atom. The second-order valence-electron chi connectivity index (χ2n) is 4.04. The van der Waals surface area contributed by atoms with Crippen LogP contribution in [0, 0.1) is 0 Å². The summed E-state index contributed by atoms with van der Waals surface area (Å²) in [6.45, 7) is -3.87. The fraction of sp³-hybridized carbons (Fsp3) is 0.417. The van der Waals surface area contributed by atoms with Gasteiger partial charge < -0.3 is 10.4 Å². The van der Waals surface area contributed by atoms with Gasteiger partial charge in [0.25, 0.3) is 5.91 Å². The molecule has 0 radical (unpaired) electrons. The first kappa shape index (κ1) is 13.8. The van der Waals surface area contributed by atoms with Crippen LogP contribution < -0.4 is 5.32 Å². The van der Waals surface area contributed by atoms with E-state index in [1.54, 1.807) is 5.32 Å². The van der Waals surface area contributed by atoms with Gasteiger partial charge in [-0.15, -0.1) is 0 Å². The highest BCUT2D eigenvalue weighted by molar-refractivity contribution is 7.90. The Hall–Kier alpha value is -0.890. The standard InChI is InChI=1S/C12H14Cl2FNO4S/c1-21(19,20)8-4-2-7(3-5-8)10(17)9(6-15)16-12(18)11(13)14/h2-5,9-11,17H,6H2,1H3,(H,16,18)/t9?,10-/m1/s1/i6D2,9D. The highest BCUT2D eigenvalue weighted by Gasteiger charge is 2.25. The van der Waals surface area contributed by atoms with E-state index in [1.165, 1.54) is 0 Å². The summed E-state index contributed by atoms with van der Waals surface area (Å²) in [5, 5.41) is 11.8. The highest BCUT2D eigenvalue weighted by Crippen LogP contribution is 2.20. The van der Waals surface area contributed by atoms with Crippen LogP contribution in [0.25, 0.3) is 0 Å². The molecule has 0 spiro atoms. The first-order valence-corrected chi connectivity index (χ1v) is 8.24. The zero-order valence-electron chi connectivity index (χ0n) is 13.7. The number of benzene rings is 1. The number of carbonyl (C=O) groups excluding carboxylic acids is 1. The smallest absolute Gasteiger partial charge is 0.253 e. The molecule has 1 amide bonds. The molecule has 1 rings (SSSR count). The minimum atomic E-state index is -3.87. The van der Waals surface area contributed by atoms with Crippen molar-refractivity contribution in [3.63, 3.8) is 0 Å². The van der Waals surface area contributed by atoms with Gasteiger partial charge in [-0.25, -0.2) is 12.8 Å². The van der Waals surface area contributed by atoms with Crippen molar-refractivity contribution in [2.45, 2.75) is 21.9 Å². The maximum Gasteiger partial charge on any atom is 0.253 e. The molecule has 0 saturated carbocycles. The largest absolute Gasteiger partial charge is 0.386 e. The SMILES string of the molecule is [2H]C([2H])(F)C([2H])(NC(=O)C(Cl)Cl)[C@H](O)c1ccc(S(C)(=O)=O)cc1. The summed E-state index contributed by atoms with van der Waals surface area (Å²) in [5.41, 5.74) is -0.195. The summed E-state index contributed by atoms with van der Waals surface area (Å²) < 4.78 is 58.7. The van der Waals surface area contributed by atoms with E-state index in [0.29, 0.717) is 0 Å². The number of halogens is 3. The van der Waals surface area contributed by atoms with Crippen molar-refractivity contribution in [2.24, 2.45) is 0 Å². The normalized spacial score (nSPS) is 19.0. The average Bonchev–Trinajstić information content (AvgIpc) is 2.44. The maximum atomic E-state index is 13.9. The lowest BCUT2D eigenvalue weighted by Crippen LogP contribution is -2.43. The topological polar surface area (TPSA) is 83.5 Å². The van der Waals surface area contributed by atoms with Crippen LogP contribution in [0.4, 0.5) is 4.39 Å². The van der Waals surface area contributed by atoms with Crippen molar-refractivity contribution >= 4 is 38.9 Å². The third-order valence-electron chi connectivity index (χ3n) is 2.46. The molecule has 0 fully saturated rings. The molecule has 0 heterocycles. The molecule has 118 valence electrons. The van der Waals surface area contributed by atoms with Gasteiger partial charge in [0.1, 0.15) is 12.7 Å². The van der Waals surface area contributed by atoms with Gasteiger partial charge in [-0.3, -0.25) is 4.79 Å². The van der Waals surface area contributed by atoms with E-state index < -0.39 is 39.3 Å². The summed E-state index contributed by atoms with van der Waals surface area (Å²) in [7, 11) is -3.52. The van der Waals surface area contributed by atoms with Gasteiger partial charge >= 0.3 is 0 Å². The third-order valence-corrected chi connectivity index (χ3v) is 3.98. The monoisotopic (exact) mass is 360 g/mol. The van der Waals surface area contributed by atoms with Gasteiger partial charge in [-0.05, 0) is 17.7 Å². The van der Waals surface area contributed by atoms with E-state index in [9.17, 15) is 22.7 Å². The molecule has 0 saturated heterocycles. The Labute approximate surface area is 136 Å². The number of aliphatic hydroxyl groups is 1. The van der Waals surface area contributed by atoms with Gasteiger partial charge in [0.2, 0.25) is 0 Å². The molecule has 2 atom stereocenters. The number of alkyl halides is 3. The number of nitrogens with one attached hydrogen (secondary N) is 1. The molecule has 0 aliphatic carbocycles. The van der Waals surface area contributed by atoms with Crippen LogP contribution >= 0.6 is 23.2 Å². The average molecular weight is 361 g/mol. The Balaban J connectivity index is 3.26. The van der Waals surface area contributed by atoms with Crippen LogP contribution in [0.5, 0.6) is 0 Å². The fourth-order valence-electron chi connectivity index (χ4n) is 1.39. The quantitative estimate of drug-likeness (QED) is 0.750. The van der Waals surface area contributed by atoms with Gasteiger partial charge in [0.15, 0.2) is 14.7 Å². The molecule has 0 aromatic heterocycles. The Morgan fingerprint density at radius 3 is 2.38 bits per heavy atom. The van der Waals surface area contributed by atoms with Gasteiger partial charge in [0, 0.05) is 6.26 Å². The van der Waals surface area contributed by atoms with Gasteiger partial charge in [0.05, 0.1) is 15.0 Å². The van der Waals surface area contributed by atoms with Crippen LogP contribution in [-0.2, 0) is 14.6 Å². The molecular formula is C12H14Cl2FNO4S. The van der Waals surface area contributed by atoms with Crippen molar-refractivity contribution < 1.29 is 26.8 Å². The first-order chi connectivity index (χ1) is 10.7.